The quantitative estimate of drug-likeness (QED) is 0.506. The molecule has 1 aliphatic rings. The van der Waals surface area contributed by atoms with Crippen LogP contribution in [-0.2, 0) is 0 Å². The Morgan fingerprint density at radius 1 is 1.62 bits per heavy atom. The van der Waals surface area contributed by atoms with Crippen LogP contribution in [0.3, 0.4) is 0 Å². The second-order valence-electron chi connectivity index (χ2n) is 3.15. The maximum atomic E-state index is 9.46. The summed E-state index contributed by atoms with van der Waals surface area (Å²) in [5, 5.41) is 9.46. The van der Waals surface area contributed by atoms with Crippen LogP contribution in [0.1, 0.15) is 33.1 Å². The lowest BCUT2D eigenvalue weighted by Gasteiger charge is -2.20. The third-order valence-electron chi connectivity index (χ3n) is 2.38. The van der Waals surface area contributed by atoms with E-state index in [0.29, 0.717) is 5.92 Å². The molecule has 0 bridgehead atoms. The van der Waals surface area contributed by atoms with Crippen molar-refractivity contribution in [2.75, 3.05) is 0 Å². The maximum absolute atomic E-state index is 9.46. The monoisotopic (exact) mass is 114 g/mol. The molecule has 0 spiro atoms. The second kappa shape index (κ2) is 1.73. The SMILES string of the molecule is CC1CCC[C@@]1(C)O. The van der Waals surface area contributed by atoms with E-state index in [1.807, 2.05) is 6.92 Å². The molecule has 1 saturated carbocycles. The lowest BCUT2D eigenvalue weighted by Crippen LogP contribution is -2.26. The largest absolute Gasteiger partial charge is 0.390 e. The Labute approximate surface area is 50.7 Å². The number of rotatable bonds is 0. The summed E-state index contributed by atoms with van der Waals surface area (Å²) < 4.78 is 0. The molecule has 48 valence electrons. The molecule has 8 heavy (non-hydrogen) atoms. The van der Waals surface area contributed by atoms with Gasteiger partial charge in [0.25, 0.3) is 0 Å². The molecule has 0 amide bonds. The van der Waals surface area contributed by atoms with Crippen molar-refractivity contribution in [3.05, 3.63) is 0 Å². The van der Waals surface area contributed by atoms with E-state index in [1.165, 1.54) is 12.8 Å². The highest BCUT2D eigenvalue weighted by Gasteiger charge is 2.32. The molecule has 0 aromatic heterocycles. The van der Waals surface area contributed by atoms with Gasteiger partial charge in [-0.15, -0.1) is 0 Å². The van der Waals surface area contributed by atoms with Crippen molar-refractivity contribution in [1.29, 1.82) is 0 Å². The predicted octanol–water partition coefficient (Wildman–Crippen LogP) is 1.56. The molecule has 0 heterocycles. The van der Waals surface area contributed by atoms with Gasteiger partial charge in [-0.25, -0.2) is 0 Å². The van der Waals surface area contributed by atoms with Gasteiger partial charge in [0.1, 0.15) is 0 Å². The first-order valence-corrected chi connectivity index (χ1v) is 3.35. The van der Waals surface area contributed by atoms with Gasteiger partial charge in [-0.2, -0.15) is 0 Å². The fraction of sp³-hybridized carbons (Fsp3) is 1.00. The van der Waals surface area contributed by atoms with Crippen molar-refractivity contribution < 1.29 is 5.11 Å². The lowest BCUT2D eigenvalue weighted by molar-refractivity contribution is 0.0284. The van der Waals surface area contributed by atoms with Crippen molar-refractivity contribution in [3.63, 3.8) is 0 Å². The highest BCUT2D eigenvalue weighted by Crippen LogP contribution is 2.34. The van der Waals surface area contributed by atoms with E-state index in [-0.39, 0.29) is 5.60 Å². The fourth-order valence-corrected chi connectivity index (χ4v) is 1.32. The zero-order valence-electron chi connectivity index (χ0n) is 5.65. The summed E-state index contributed by atoms with van der Waals surface area (Å²) in [6.45, 7) is 4.05. The average Bonchev–Trinajstić information content (AvgIpc) is 1.86. The summed E-state index contributed by atoms with van der Waals surface area (Å²) in [7, 11) is 0. The van der Waals surface area contributed by atoms with Crippen LogP contribution in [0.25, 0.3) is 0 Å². The molecule has 1 rings (SSSR count). The Kier molecular flexibility index (Phi) is 1.31. The molecule has 0 aromatic rings. The van der Waals surface area contributed by atoms with Crippen LogP contribution >= 0.6 is 0 Å². The summed E-state index contributed by atoms with van der Waals surface area (Å²) in [6.07, 6.45) is 3.40. The van der Waals surface area contributed by atoms with Gasteiger partial charge in [0.05, 0.1) is 5.60 Å². The smallest absolute Gasteiger partial charge is 0.0645 e. The van der Waals surface area contributed by atoms with Gasteiger partial charge in [0.2, 0.25) is 0 Å². The highest BCUT2D eigenvalue weighted by molar-refractivity contribution is 4.84. The summed E-state index contributed by atoms with van der Waals surface area (Å²) in [4.78, 5) is 0. The van der Waals surface area contributed by atoms with Crippen LogP contribution < -0.4 is 0 Å². The maximum Gasteiger partial charge on any atom is 0.0645 e. The van der Waals surface area contributed by atoms with E-state index < -0.39 is 0 Å². The Bertz CT molecular complexity index is 86.4. The molecule has 1 fully saturated rings. The lowest BCUT2D eigenvalue weighted by atomic mass is 9.95. The minimum Gasteiger partial charge on any atom is -0.390 e. The van der Waals surface area contributed by atoms with E-state index in [0.717, 1.165) is 6.42 Å². The molecular formula is C7H14O. The predicted molar refractivity (Wildman–Crippen MR) is 33.6 cm³/mol. The van der Waals surface area contributed by atoms with Crippen molar-refractivity contribution in [1.82, 2.24) is 0 Å². The Hall–Kier alpha value is -0.0400. The molecular weight excluding hydrogens is 100 g/mol. The average molecular weight is 114 g/mol. The van der Waals surface area contributed by atoms with Gasteiger partial charge in [-0.05, 0) is 25.7 Å². The van der Waals surface area contributed by atoms with Gasteiger partial charge in [-0.3, -0.25) is 0 Å². The molecule has 0 radical (unpaired) electrons. The molecule has 0 aromatic carbocycles. The van der Waals surface area contributed by atoms with Crippen molar-refractivity contribution in [2.24, 2.45) is 5.92 Å². The molecule has 0 aliphatic heterocycles. The summed E-state index contributed by atoms with van der Waals surface area (Å²) in [6, 6.07) is 0. The number of aliphatic hydroxyl groups is 1. The molecule has 1 N–H and O–H groups in total. The van der Waals surface area contributed by atoms with E-state index in [1.54, 1.807) is 0 Å². The van der Waals surface area contributed by atoms with Crippen LogP contribution in [0.15, 0.2) is 0 Å². The first kappa shape index (κ1) is 6.09. The molecule has 2 atom stereocenters. The summed E-state index contributed by atoms with van der Waals surface area (Å²) in [5.74, 6) is 0.516. The fourth-order valence-electron chi connectivity index (χ4n) is 1.32. The van der Waals surface area contributed by atoms with Crippen LogP contribution in [-0.4, -0.2) is 10.7 Å². The highest BCUT2D eigenvalue weighted by atomic mass is 16.3. The normalized spacial score (nSPS) is 47.6. The van der Waals surface area contributed by atoms with Gasteiger partial charge in [0.15, 0.2) is 0 Å². The van der Waals surface area contributed by atoms with E-state index in [4.69, 9.17) is 0 Å². The minimum absolute atomic E-state index is 0.347. The minimum atomic E-state index is -0.347. The van der Waals surface area contributed by atoms with Gasteiger partial charge in [0, 0.05) is 0 Å². The molecule has 1 heteroatoms. The van der Waals surface area contributed by atoms with Crippen molar-refractivity contribution in [3.8, 4) is 0 Å². The Balaban J connectivity index is 2.54. The van der Waals surface area contributed by atoms with Crippen LogP contribution in [0, 0.1) is 5.92 Å². The summed E-state index contributed by atoms with van der Waals surface area (Å²) >= 11 is 0. The third-order valence-corrected chi connectivity index (χ3v) is 2.38. The molecule has 1 unspecified atom stereocenters. The molecule has 1 nitrogen and oxygen atoms in total. The number of hydrogen-bond donors (Lipinski definition) is 1. The van der Waals surface area contributed by atoms with Crippen LogP contribution in [0.4, 0.5) is 0 Å². The molecule has 0 saturated heterocycles. The number of hydrogen-bond acceptors (Lipinski definition) is 1. The van der Waals surface area contributed by atoms with Crippen LogP contribution in [0.5, 0.6) is 0 Å². The first-order chi connectivity index (χ1) is 3.63. The van der Waals surface area contributed by atoms with Crippen molar-refractivity contribution in [2.45, 2.75) is 38.7 Å². The van der Waals surface area contributed by atoms with Gasteiger partial charge in [-0.1, -0.05) is 13.3 Å². The van der Waals surface area contributed by atoms with Crippen LogP contribution in [0.2, 0.25) is 0 Å². The zero-order valence-corrected chi connectivity index (χ0v) is 5.65. The van der Waals surface area contributed by atoms with E-state index >= 15 is 0 Å². The van der Waals surface area contributed by atoms with Gasteiger partial charge >= 0.3 is 0 Å². The topological polar surface area (TPSA) is 20.2 Å². The summed E-state index contributed by atoms with van der Waals surface area (Å²) in [5.41, 5.74) is -0.347. The van der Waals surface area contributed by atoms with E-state index in [2.05, 4.69) is 6.92 Å². The Morgan fingerprint density at radius 2 is 2.25 bits per heavy atom. The van der Waals surface area contributed by atoms with Crippen molar-refractivity contribution >= 4 is 0 Å². The van der Waals surface area contributed by atoms with E-state index in [9.17, 15) is 5.11 Å². The third kappa shape index (κ3) is 0.873. The molecule has 1 aliphatic carbocycles. The zero-order chi connectivity index (χ0) is 6.20. The first-order valence-electron chi connectivity index (χ1n) is 3.35. The Morgan fingerprint density at radius 3 is 2.38 bits per heavy atom. The standard InChI is InChI=1S/C7H14O/c1-6-4-3-5-7(6,2)8/h6,8H,3-5H2,1-2H3/t6?,7-/m1/s1. The second-order valence-corrected chi connectivity index (χ2v) is 3.15. The van der Waals surface area contributed by atoms with Gasteiger partial charge < -0.3 is 5.11 Å².